The summed E-state index contributed by atoms with van der Waals surface area (Å²) in [5.74, 6) is -1.14. The lowest BCUT2D eigenvalue weighted by molar-refractivity contribution is 0.261. The largest absolute Gasteiger partial charge is 0.403 e. The number of amides is 2. The van der Waals surface area contributed by atoms with Crippen molar-refractivity contribution in [1.29, 1.82) is 0 Å². The van der Waals surface area contributed by atoms with Gasteiger partial charge in [-0.25, -0.2) is 13.6 Å². The minimum Gasteiger partial charge on any atom is -0.403 e. The van der Waals surface area contributed by atoms with Gasteiger partial charge in [-0.1, -0.05) is 5.10 Å². The molecular formula is C36H40F2N10O4. The fraction of sp³-hybridized carbons (Fsp3) is 0.417. The Balaban J connectivity index is 1.04. The summed E-state index contributed by atoms with van der Waals surface area (Å²) in [6.07, 6.45) is 4.99. The molecule has 52 heavy (non-hydrogen) atoms. The van der Waals surface area contributed by atoms with Crippen LogP contribution in [0.2, 0.25) is 0 Å². The van der Waals surface area contributed by atoms with Crippen molar-refractivity contribution in [2.24, 2.45) is 0 Å². The third-order valence-corrected chi connectivity index (χ3v) is 10.3. The number of anilines is 4. The number of aromatic nitrogens is 4. The lowest BCUT2D eigenvalue weighted by Crippen LogP contribution is -2.44. The molecular weight excluding hydrogens is 674 g/mol. The van der Waals surface area contributed by atoms with Crippen LogP contribution in [-0.4, -0.2) is 102 Å². The van der Waals surface area contributed by atoms with E-state index in [0.717, 1.165) is 39.0 Å². The number of hydrogen-bond donors (Lipinski definition) is 2. The molecule has 1 aliphatic carbocycles. The minimum absolute atomic E-state index is 0.0712. The van der Waals surface area contributed by atoms with E-state index in [-0.39, 0.29) is 40.0 Å². The molecule has 3 fully saturated rings. The molecule has 16 heteroatoms. The monoisotopic (exact) mass is 714 g/mol. The number of carbonyl (C=O) groups excluding carboxylic acids is 1. The van der Waals surface area contributed by atoms with E-state index in [2.05, 4.69) is 30.6 Å². The van der Waals surface area contributed by atoms with E-state index in [1.807, 2.05) is 35.4 Å². The number of halogens is 2. The van der Waals surface area contributed by atoms with Crippen molar-refractivity contribution in [2.45, 2.75) is 32.4 Å². The lowest BCUT2D eigenvalue weighted by atomic mass is 10.1. The molecule has 0 radical (unpaired) electrons. The van der Waals surface area contributed by atoms with E-state index in [4.69, 9.17) is 4.42 Å². The summed E-state index contributed by atoms with van der Waals surface area (Å²) < 4.78 is 40.3. The molecule has 2 amide bonds. The Kier molecular flexibility index (Phi) is 8.65. The Labute approximate surface area is 297 Å². The van der Waals surface area contributed by atoms with Gasteiger partial charge in [0.05, 0.1) is 27.8 Å². The first-order valence-corrected chi connectivity index (χ1v) is 17.6. The molecule has 0 spiro atoms. The highest BCUT2D eigenvalue weighted by Crippen LogP contribution is 2.39. The molecule has 5 heterocycles. The van der Waals surface area contributed by atoms with Gasteiger partial charge in [-0.05, 0) is 58.1 Å². The van der Waals surface area contributed by atoms with Crippen LogP contribution in [0.25, 0.3) is 33.3 Å². The zero-order chi connectivity index (χ0) is 36.3. The van der Waals surface area contributed by atoms with Crippen LogP contribution in [0, 0.1) is 11.6 Å². The van der Waals surface area contributed by atoms with Gasteiger partial charge in [0.25, 0.3) is 5.89 Å². The number of rotatable bonds is 7. The first-order chi connectivity index (χ1) is 25.1. The minimum atomic E-state index is -0.851. The third kappa shape index (κ3) is 6.25. The predicted molar refractivity (Wildman–Crippen MR) is 196 cm³/mol. The van der Waals surface area contributed by atoms with Gasteiger partial charge in [0.1, 0.15) is 22.9 Å². The van der Waals surface area contributed by atoms with E-state index >= 15 is 8.78 Å². The maximum Gasteiger partial charge on any atom is 0.327 e. The number of nitrogens with zero attached hydrogens (tertiary/aromatic N) is 8. The van der Waals surface area contributed by atoms with Gasteiger partial charge in [-0.3, -0.25) is 14.9 Å². The molecule has 272 valence electrons. The zero-order valence-corrected chi connectivity index (χ0v) is 29.3. The van der Waals surface area contributed by atoms with Crippen LogP contribution in [0.5, 0.6) is 0 Å². The first kappa shape index (κ1) is 33.8. The molecule has 2 aromatic carbocycles. The molecule has 0 unspecified atom stereocenters. The van der Waals surface area contributed by atoms with Gasteiger partial charge >= 0.3 is 12.0 Å². The number of fused-ring (bicyclic) bond motifs is 2. The van der Waals surface area contributed by atoms with Gasteiger partial charge in [0.15, 0.2) is 0 Å². The van der Waals surface area contributed by atoms with Crippen LogP contribution in [0.15, 0.2) is 50.7 Å². The maximum absolute atomic E-state index is 15.5. The van der Waals surface area contributed by atoms with Crippen LogP contribution in [0.1, 0.15) is 25.8 Å². The SMILES string of the molecule is CCn1cc(NC(=O)Nc2nnc(-c3cn(C4CC4)c4cc(N5CCN(C)CC5)c(F)cc4c3=O)o2)c(=O)c2cc(F)c(N3CCN(C)CC3)cc21. The highest BCUT2D eigenvalue weighted by Gasteiger charge is 2.29. The number of aryl methyl sites for hydroxylation is 1. The quantitative estimate of drug-likeness (QED) is 0.253. The Bertz CT molecular complexity index is 2320. The van der Waals surface area contributed by atoms with Crippen LogP contribution in [-0.2, 0) is 6.54 Å². The topological polar surface area (TPSA) is 137 Å². The summed E-state index contributed by atoms with van der Waals surface area (Å²) >= 11 is 0. The fourth-order valence-electron chi connectivity index (χ4n) is 7.13. The Morgan fingerprint density at radius 1 is 0.788 bits per heavy atom. The molecule has 0 bridgehead atoms. The summed E-state index contributed by atoms with van der Waals surface area (Å²) in [4.78, 5) is 48.6. The molecule has 1 saturated carbocycles. The molecule has 5 aromatic rings. The number of carbonyl (C=O) groups is 1. The van der Waals surface area contributed by atoms with Crippen molar-refractivity contribution in [3.8, 4) is 11.5 Å². The van der Waals surface area contributed by atoms with Crippen LogP contribution >= 0.6 is 0 Å². The second-order valence-corrected chi connectivity index (χ2v) is 13.9. The number of urea groups is 1. The van der Waals surface area contributed by atoms with Crippen LogP contribution in [0.3, 0.4) is 0 Å². The molecule has 14 nitrogen and oxygen atoms in total. The molecule has 3 aromatic heterocycles. The number of likely N-dealkylation sites (N-methyl/N-ethyl adjacent to an activating group) is 2. The van der Waals surface area contributed by atoms with E-state index in [1.165, 1.54) is 18.3 Å². The average Bonchev–Trinajstić information content (AvgIpc) is 3.88. The predicted octanol–water partition coefficient (Wildman–Crippen LogP) is 4.15. The Morgan fingerprint density at radius 2 is 1.37 bits per heavy atom. The lowest BCUT2D eigenvalue weighted by Gasteiger charge is -2.34. The summed E-state index contributed by atoms with van der Waals surface area (Å²) in [6, 6.07) is 4.92. The third-order valence-electron chi connectivity index (χ3n) is 10.3. The first-order valence-electron chi connectivity index (χ1n) is 17.6. The summed E-state index contributed by atoms with van der Waals surface area (Å²) in [6.45, 7) is 8.28. The highest BCUT2D eigenvalue weighted by molar-refractivity contribution is 5.99. The fourth-order valence-corrected chi connectivity index (χ4v) is 7.13. The van der Waals surface area contributed by atoms with Crippen molar-refractivity contribution in [1.82, 2.24) is 29.1 Å². The van der Waals surface area contributed by atoms with Crippen LogP contribution < -0.4 is 31.3 Å². The molecule has 2 aliphatic heterocycles. The number of hydrogen-bond acceptors (Lipinski definition) is 10. The average molecular weight is 715 g/mol. The Hall–Kier alpha value is -5.35. The highest BCUT2D eigenvalue weighted by atomic mass is 19.1. The van der Waals surface area contributed by atoms with E-state index in [9.17, 15) is 14.4 Å². The van der Waals surface area contributed by atoms with Crippen LogP contribution in [0.4, 0.5) is 36.7 Å². The van der Waals surface area contributed by atoms with Crippen molar-refractivity contribution in [3.05, 3.63) is 68.7 Å². The van der Waals surface area contributed by atoms with Crippen molar-refractivity contribution in [2.75, 3.05) is 86.9 Å². The second-order valence-electron chi connectivity index (χ2n) is 13.9. The number of piperazine rings is 2. The van der Waals surface area contributed by atoms with Gasteiger partial charge in [-0.15, -0.1) is 5.10 Å². The van der Waals surface area contributed by atoms with Gasteiger partial charge < -0.3 is 38.5 Å². The van der Waals surface area contributed by atoms with Crippen molar-refractivity contribution >= 4 is 50.9 Å². The molecule has 0 atom stereocenters. The van der Waals surface area contributed by atoms with Gasteiger partial charge in [-0.2, -0.15) is 0 Å². The standard InChI is InChI=1S/C36H40F2N10O4/c1-4-45-20-27(33(50)22-15-25(37)30(17-28(22)45)46-11-7-43(2)8-12-46)39-35(51)40-36-42-41-34(52-36)24-19-48(21-5-6-21)29-18-31(26(38)16-23(29)32(24)49)47-13-9-44(3)10-14-47/h15-21H,4-14H2,1-3H3,(H2,39,40,42,51). The second kappa shape index (κ2) is 13.3. The normalized spacial score (nSPS) is 17.3. The number of nitrogens with one attached hydrogen (secondary N) is 2. The molecule has 2 N–H and O–H groups in total. The van der Waals surface area contributed by atoms with Crippen molar-refractivity contribution < 1.29 is 18.0 Å². The van der Waals surface area contributed by atoms with E-state index < -0.39 is 28.5 Å². The summed E-state index contributed by atoms with van der Waals surface area (Å²) in [5.41, 5.74) is 1.06. The van der Waals surface area contributed by atoms with Gasteiger partial charge in [0.2, 0.25) is 10.9 Å². The maximum atomic E-state index is 15.5. The molecule has 8 rings (SSSR count). The number of pyridine rings is 2. The number of benzene rings is 2. The molecule has 3 aliphatic rings. The summed E-state index contributed by atoms with van der Waals surface area (Å²) in [5, 5.41) is 13.2. The molecule has 2 saturated heterocycles. The van der Waals surface area contributed by atoms with E-state index in [0.29, 0.717) is 55.1 Å². The van der Waals surface area contributed by atoms with Gasteiger partial charge in [0, 0.05) is 82.7 Å². The Morgan fingerprint density at radius 3 is 1.94 bits per heavy atom. The smallest absolute Gasteiger partial charge is 0.327 e. The summed E-state index contributed by atoms with van der Waals surface area (Å²) in [7, 11) is 4.06. The van der Waals surface area contributed by atoms with E-state index in [1.54, 1.807) is 22.9 Å². The van der Waals surface area contributed by atoms with Crippen molar-refractivity contribution in [3.63, 3.8) is 0 Å². The zero-order valence-electron chi connectivity index (χ0n) is 29.3.